The van der Waals surface area contributed by atoms with E-state index in [4.69, 9.17) is 11.6 Å². The first kappa shape index (κ1) is 22.8. The van der Waals surface area contributed by atoms with Gasteiger partial charge >= 0.3 is 0 Å². The zero-order valence-electron chi connectivity index (χ0n) is 20.8. The summed E-state index contributed by atoms with van der Waals surface area (Å²) < 4.78 is 0. The van der Waals surface area contributed by atoms with Gasteiger partial charge in [-0.05, 0) is 73.8 Å². The molecule has 0 unspecified atom stereocenters. The second kappa shape index (κ2) is 9.17. The topological polar surface area (TPSA) is 0 Å². The molecule has 0 fully saturated rings. The van der Waals surface area contributed by atoms with Crippen LogP contribution in [0, 0.1) is 0 Å². The first-order chi connectivity index (χ1) is 18.8. The fourth-order valence-corrected chi connectivity index (χ4v) is 6.46. The number of hydrogen-bond acceptors (Lipinski definition) is 0. The molecule has 0 spiro atoms. The third-order valence-electron chi connectivity index (χ3n) is 7.81. The molecule has 0 saturated heterocycles. The molecule has 0 heterocycles. The van der Waals surface area contributed by atoms with E-state index in [0.717, 1.165) is 16.1 Å². The Morgan fingerprint density at radius 1 is 0.395 bits per heavy atom. The Kier molecular flexibility index (Phi) is 5.50. The summed E-state index contributed by atoms with van der Waals surface area (Å²) in [4.78, 5) is 0. The van der Waals surface area contributed by atoms with Gasteiger partial charge < -0.3 is 0 Å². The van der Waals surface area contributed by atoms with Crippen LogP contribution in [0.15, 0.2) is 152 Å². The van der Waals surface area contributed by atoms with Gasteiger partial charge in [-0.15, -0.1) is 0 Å². The number of halogens is 1. The van der Waals surface area contributed by atoms with Crippen molar-refractivity contribution in [2.75, 3.05) is 0 Å². The molecule has 6 aromatic rings. The standard InChI is InChI=1S/C37H25Cl/c38-31-19-10-13-27(25-31)26-12-9-14-28(24-26)32-21-11-23-35-36(32)33-20-7-8-22-34(33)37(35,29-15-3-1-4-16-29)30-17-5-2-6-18-30/h1-25H. The van der Waals surface area contributed by atoms with Crippen LogP contribution in [0.5, 0.6) is 0 Å². The zero-order valence-corrected chi connectivity index (χ0v) is 21.6. The molecule has 7 rings (SSSR count). The van der Waals surface area contributed by atoms with Gasteiger partial charge in [0.15, 0.2) is 0 Å². The van der Waals surface area contributed by atoms with Crippen molar-refractivity contribution in [2.45, 2.75) is 5.41 Å². The Morgan fingerprint density at radius 3 is 1.63 bits per heavy atom. The molecule has 0 radical (unpaired) electrons. The molecule has 0 atom stereocenters. The molecular weight excluding hydrogens is 480 g/mol. The van der Waals surface area contributed by atoms with E-state index in [2.05, 4.69) is 133 Å². The van der Waals surface area contributed by atoms with Crippen LogP contribution < -0.4 is 0 Å². The Hall–Kier alpha value is -4.39. The highest BCUT2D eigenvalue weighted by Crippen LogP contribution is 2.58. The quantitative estimate of drug-likeness (QED) is 0.223. The maximum absolute atomic E-state index is 6.33. The predicted molar refractivity (Wildman–Crippen MR) is 160 cm³/mol. The minimum atomic E-state index is -0.394. The van der Waals surface area contributed by atoms with Gasteiger partial charge in [0.1, 0.15) is 0 Å². The largest absolute Gasteiger partial charge is 0.0843 e. The predicted octanol–water partition coefficient (Wildman–Crippen LogP) is 10.0. The van der Waals surface area contributed by atoms with Gasteiger partial charge in [0.2, 0.25) is 0 Å². The van der Waals surface area contributed by atoms with Crippen molar-refractivity contribution in [3.8, 4) is 33.4 Å². The molecule has 1 aliphatic rings. The minimum Gasteiger partial charge on any atom is -0.0843 e. The molecule has 0 amide bonds. The van der Waals surface area contributed by atoms with Gasteiger partial charge in [0.05, 0.1) is 5.41 Å². The number of rotatable bonds is 4. The van der Waals surface area contributed by atoms with Gasteiger partial charge in [0.25, 0.3) is 0 Å². The normalized spacial score (nSPS) is 13.1. The van der Waals surface area contributed by atoms with Crippen LogP contribution in [0.2, 0.25) is 5.02 Å². The summed E-state index contributed by atoms with van der Waals surface area (Å²) in [6.07, 6.45) is 0. The smallest absolute Gasteiger partial charge is 0.0713 e. The Morgan fingerprint density at radius 2 is 0.921 bits per heavy atom. The van der Waals surface area contributed by atoms with Gasteiger partial charge in [-0.1, -0.05) is 145 Å². The average Bonchev–Trinajstić information content (AvgIpc) is 3.29. The van der Waals surface area contributed by atoms with Crippen molar-refractivity contribution >= 4 is 11.6 Å². The van der Waals surface area contributed by atoms with Crippen LogP contribution in [-0.4, -0.2) is 0 Å². The minimum absolute atomic E-state index is 0.394. The fourth-order valence-electron chi connectivity index (χ4n) is 6.27. The van der Waals surface area contributed by atoms with Crippen LogP contribution in [-0.2, 0) is 5.41 Å². The molecular formula is C37H25Cl. The van der Waals surface area contributed by atoms with Gasteiger partial charge in [0, 0.05) is 5.02 Å². The maximum Gasteiger partial charge on any atom is 0.0713 e. The van der Waals surface area contributed by atoms with Crippen LogP contribution in [0.4, 0.5) is 0 Å². The molecule has 0 N–H and O–H groups in total. The van der Waals surface area contributed by atoms with Gasteiger partial charge in [-0.3, -0.25) is 0 Å². The zero-order chi connectivity index (χ0) is 25.5. The molecule has 0 aromatic heterocycles. The molecule has 0 aliphatic heterocycles. The molecule has 0 bridgehead atoms. The Balaban J connectivity index is 1.53. The van der Waals surface area contributed by atoms with E-state index in [0.29, 0.717) is 0 Å². The monoisotopic (exact) mass is 504 g/mol. The SMILES string of the molecule is Clc1cccc(-c2cccc(-c3cccc4c3-c3ccccc3C4(c3ccccc3)c3ccccc3)c2)c1. The highest BCUT2D eigenvalue weighted by atomic mass is 35.5. The van der Waals surface area contributed by atoms with Crippen LogP contribution >= 0.6 is 11.6 Å². The fraction of sp³-hybridized carbons (Fsp3) is 0.0270. The molecule has 0 saturated carbocycles. The molecule has 0 nitrogen and oxygen atoms in total. The molecule has 1 heteroatoms. The summed E-state index contributed by atoms with van der Waals surface area (Å²) in [5.41, 5.74) is 12.1. The second-order valence-corrected chi connectivity index (χ2v) is 10.3. The van der Waals surface area contributed by atoms with E-state index >= 15 is 0 Å². The maximum atomic E-state index is 6.33. The average molecular weight is 505 g/mol. The van der Waals surface area contributed by atoms with Crippen molar-refractivity contribution in [1.82, 2.24) is 0 Å². The van der Waals surface area contributed by atoms with E-state index in [1.807, 2.05) is 18.2 Å². The summed E-state index contributed by atoms with van der Waals surface area (Å²) in [5.74, 6) is 0. The third kappa shape index (κ3) is 3.45. The Labute approximate surface area is 228 Å². The first-order valence-corrected chi connectivity index (χ1v) is 13.4. The number of fused-ring (bicyclic) bond motifs is 3. The lowest BCUT2D eigenvalue weighted by molar-refractivity contribution is 0.768. The highest BCUT2D eigenvalue weighted by Gasteiger charge is 2.46. The van der Waals surface area contributed by atoms with E-state index in [9.17, 15) is 0 Å². The van der Waals surface area contributed by atoms with E-state index < -0.39 is 5.41 Å². The highest BCUT2D eigenvalue weighted by molar-refractivity contribution is 6.30. The summed E-state index contributed by atoms with van der Waals surface area (Å²) in [6, 6.07) is 54.5. The summed E-state index contributed by atoms with van der Waals surface area (Å²) in [7, 11) is 0. The van der Waals surface area contributed by atoms with E-state index in [-0.39, 0.29) is 0 Å². The van der Waals surface area contributed by atoms with Crippen LogP contribution in [0.3, 0.4) is 0 Å². The Bertz CT molecular complexity index is 1730. The van der Waals surface area contributed by atoms with Gasteiger partial charge in [-0.25, -0.2) is 0 Å². The molecule has 38 heavy (non-hydrogen) atoms. The lowest BCUT2D eigenvalue weighted by Crippen LogP contribution is -2.28. The lowest BCUT2D eigenvalue weighted by atomic mass is 9.67. The number of benzene rings is 6. The third-order valence-corrected chi connectivity index (χ3v) is 8.05. The van der Waals surface area contributed by atoms with Crippen molar-refractivity contribution < 1.29 is 0 Å². The summed E-state index contributed by atoms with van der Waals surface area (Å²) >= 11 is 6.33. The van der Waals surface area contributed by atoms with Crippen molar-refractivity contribution in [3.63, 3.8) is 0 Å². The lowest BCUT2D eigenvalue weighted by Gasteiger charge is -2.34. The van der Waals surface area contributed by atoms with E-state index in [1.165, 1.54) is 44.5 Å². The summed E-state index contributed by atoms with van der Waals surface area (Å²) in [5, 5.41) is 0.748. The van der Waals surface area contributed by atoms with Gasteiger partial charge in [-0.2, -0.15) is 0 Å². The van der Waals surface area contributed by atoms with E-state index in [1.54, 1.807) is 0 Å². The molecule has 1 aliphatic carbocycles. The molecule has 6 aromatic carbocycles. The second-order valence-electron chi connectivity index (χ2n) is 9.85. The summed E-state index contributed by atoms with van der Waals surface area (Å²) in [6.45, 7) is 0. The first-order valence-electron chi connectivity index (χ1n) is 13.0. The molecule has 180 valence electrons. The van der Waals surface area contributed by atoms with Crippen molar-refractivity contribution in [1.29, 1.82) is 0 Å². The van der Waals surface area contributed by atoms with Crippen molar-refractivity contribution in [3.05, 3.63) is 179 Å². The van der Waals surface area contributed by atoms with Crippen molar-refractivity contribution in [2.24, 2.45) is 0 Å². The van der Waals surface area contributed by atoms with Crippen LogP contribution in [0.1, 0.15) is 22.3 Å². The number of hydrogen-bond donors (Lipinski definition) is 0. The van der Waals surface area contributed by atoms with Crippen LogP contribution in [0.25, 0.3) is 33.4 Å².